The van der Waals surface area contributed by atoms with Gasteiger partial charge >= 0.3 is 11.9 Å². The molecule has 5 rings (SSSR count). The summed E-state index contributed by atoms with van der Waals surface area (Å²) in [6.45, 7) is 10.4. The van der Waals surface area contributed by atoms with E-state index in [1.54, 1.807) is 17.5 Å². The van der Waals surface area contributed by atoms with Gasteiger partial charge in [-0.25, -0.2) is 4.98 Å². The summed E-state index contributed by atoms with van der Waals surface area (Å²) in [7, 11) is 3.48. The predicted molar refractivity (Wildman–Crippen MR) is 221 cm³/mol. The van der Waals surface area contributed by atoms with Crippen LogP contribution in [0.1, 0.15) is 117 Å². The second-order valence-electron chi connectivity index (χ2n) is 16.1. The van der Waals surface area contributed by atoms with Gasteiger partial charge in [0.05, 0.1) is 19.1 Å². The Kier molecular flexibility index (Phi) is 15.5. The van der Waals surface area contributed by atoms with Crippen molar-refractivity contribution in [3.63, 3.8) is 0 Å². The first-order valence-corrected chi connectivity index (χ1v) is 21.3. The quantitative estimate of drug-likeness (QED) is 0.135. The van der Waals surface area contributed by atoms with E-state index in [0.29, 0.717) is 29.2 Å². The second kappa shape index (κ2) is 20.2. The Morgan fingerprint density at radius 2 is 1.81 bits per heavy atom. The Hall–Kier alpha value is -4.82. The molecular formula is C44H59N5O8S. The van der Waals surface area contributed by atoms with Crippen LogP contribution in [0.2, 0.25) is 0 Å². The number of carboxylic acid groups (broad SMARTS) is 1. The summed E-state index contributed by atoms with van der Waals surface area (Å²) in [6, 6.07) is 13.0. The van der Waals surface area contributed by atoms with E-state index in [1.165, 1.54) is 25.4 Å². The van der Waals surface area contributed by atoms with E-state index in [1.807, 2.05) is 76.0 Å². The molecule has 3 unspecified atom stereocenters. The normalized spacial score (nSPS) is 20.2. The third-order valence-electron chi connectivity index (χ3n) is 11.6. The van der Waals surface area contributed by atoms with Crippen molar-refractivity contribution < 1.29 is 38.6 Å². The lowest BCUT2D eigenvalue weighted by molar-refractivity contribution is -0.150. The lowest BCUT2D eigenvalue weighted by Crippen LogP contribution is -2.58. The van der Waals surface area contributed by atoms with Crippen molar-refractivity contribution in [2.75, 3.05) is 20.7 Å². The number of fused-ring (bicyclic) bond motifs is 1. The van der Waals surface area contributed by atoms with Crippen LogP contribution in [0.3, 0.4) is 0 Å². The van der Waals surface area contributed by atoms with Crippen LogP contribution in [0.25, 0.3) is 0 Å². The first-order valence-electron chi connectivity index (χ1n) is 20.4. The summed E-state index contributed by atoms with van der Waals surface area (Å²) in [5.74, 6) is -2.86. The Morgan fingerprint density at radius 1 is 1.07 bits per heavy atom. The number of ether oxygens (including phenoxy) is 2. The molecule has 1 aliphatic carbocycles. The first-order chi connectivity index (χ1) is 27.7. The molecule has 14 heteroatoms. The molecule has 1 aromatic heterocycles. The minimum atomic E-state index is -0.984. The fraction of sp³-hybridized carbons (Fsp3) is 0.545. The maximum Gasteiger partial charge on any atom is 0.311 e. The highest BCUT2D eigenvalue weighted by Gasteiger charge is 2.39. The summed E-state index contributed by atoms with van der Waals surface area (Å²) in [5.41, 5.74) is 2.53. The van der Waals surface area contributed by atoms with Crippen molar-refractivity contribution in [2.24, 2.45) is 11.8 Å². The highest BCUT2D eigenvalue weighted by atomic mass is 32.1. The molecule has 314 valence electrons. The molecule has 2 aromatic carbocycles. The predicted octanol–water partition coefficient (Wildman–Crippen LogP) is 6.13. The standard InChI is InChI=1S/C44H59N5O8S/c1-8-27(4)39(47-41(52)36-16-12-13-19-48(36)6)43(53)49(24-29-14-10-9-11-15-29)37(26(2)3)23-38(57-28(5)50)42-46-35(25-58-42)40(51)45-31-20-30-17-18-32(56-7)22-33(30)34(21-31)44(54)55/h9-11,14-15,17-18,22,25-27,31,34,36-39H,8,12-13,16,19-21,23-24H2,1-7H3,(H,45,51)(H,47,52)(H,54,55)/t27?,31-,34+,36?,37+,38+,39?/m0/s1. The van der Waals surface area contributed by atoms with Crippen molar-refractivity contribution in [1.82, 2.24) is 25.4 Å². The average Bonchev–Trinajstić information content (AvgIpc) is 3.71. The van der Waals surface area contributed by atoms with Gasteiger partial charge in [0.2, 0.25) is 11.8 Å². The van der Waals surface area contributed by atoms with Crippen LogP contribution in [0.5, 0.6) is 5.75 Å². The summed E-state index contributed by atoms with van der Waals surface area (Å²) >= 11 is 1.18. The highest BCUT2D eigenvalue weighted by Crippen LogP contribution is 2.36. The fourth-order valence-corrected chi connectivity index (χ4v) is 8.99. The molecule has 1 saturated heterocycles. The second-order valence-corrected chi connectivity index (χ2v) is 17.0. The highest BCUT2D eigenvalue weighted by molar-refractivity contribution is 7.09. The Labute approximate surface area is 345 Å². The Morgan fingerprint density at radius 3 is 2.45 bits per heavy atom. The van der Waals surface area contributed by atoms with E-state index in [9.17, 15) is 29.1 Å². The molecule has 1 fully saturated rings. The van der Waals surface area contributed by atoms with Gasteiger partial charge in [0.1, 0.15) is 22.5 Å². The number of carbonyl (C=O) groups is 5. The van der Waals surface area contributed by atoms with E-state index in [0.717, 1.165) is 36.9 Å². The van der Waals surface area contributed by atoms with Crippen LogP contribution in [0, 0.1) is 11.8 Å². The van der Waals surface area contributed by atoms with E-state index in [-0.39, 0.29) is 54.8 Å². The minimum Gasteiger partial charge on any atom is -0.497 e. The lowest BCUT2D eigenvalue weighted by Gasteiger charge is -2.40. The Bertz CT molecular complexity index is 1900. The van der Waals surface area contributed by atoms with Gasteiger partial charge in [-0.1, -0.05) is 76.9 Å². The van der Waals surface area contributed by atoms with Crippen molar-refractivity contribution in [2.45, 2.75) is 122 Å². The number of esters is 1. The largest absolute Gasteiger partial charge is 0.497 e. The molecule has 3 amide bonds. The number of carboxylic acids is 1. The molecule has 0 saturated carbocycles. The van der Waals surface area contributed by atoms with Crippen LogP contribution in [-0.4, -0.2) is 94.4 Å². The number of benzene rings is 2. The number of amides is 3. The summed E-state index contributed by atoms with van der Waals surface area (Å²) in [6.07, 6.45) is 3.34. The van der Waals surface area contributed by atoms with Crippen molar-refractivity contribution in [3.05, 3.63) is 81.3 Å². The molecule has 1 aliphatic heterocycles. The monoisotopic (exact) mass is 817 g/mol. The van der Waals surface area contributed by atoms with E-state index >= 15 is 0 Å². The molecule has 3 aromatic rings. The summed E-state index contributed by atoms with van der Waals surface area (Å²) < 4.78 is 11.2. The summed E-state index contributed by atoms with van der Waals surface area (Å²) in [5, 5.41) is 18.2. The molecule has 2 aliphatic rings. The number of piperidine rings is 1. The number of methoxy groups -OCH3 is 1. The molecule has 3 N–H and O–H groups in total. The van der Waals surface area contributed by atoms with E-state index in [2.05, 4.69) is 20.5 Å². The number of carbonyl (C=O) groups excluding carboxylic acids is 4. The number of likely N-dealkylation sites (tertiary alicyclic amines) is 1. The molecule has 13 nitrogen and oxygen atoms in total. The zero-order valence-electron chi connectivity index (χ0n) is 34.7. The average molecular weight is 818 g/mol. The third kappa shape index (κ3) is 11.0. The van der Waals surface area contributed by atoms with Gasteiger partial charge in [-0.3, -0.25) is 28.9 Å². The van der Waals surface area contributed by atoms with Gasteiger partial charge < -0.3 is 30.1 Å². The number of nitrogens with one attached hydrogen (secondary N) is 2. The first kappa shape index (κ1) is 44.3. The molecule has 58 heavy (non-hydrogen) atoms. The number of hydrogen-bond donors (Lipinski definition) is 3. The fourth-order valence-electron chi connectivity index (χ4n) is 8.15. The molecule has 2 heterocycles. The molecule has 0 bridgehead atoms. The summed E-state index contributed by atoms with van der Waals surface area (Å²) in [4.78, 5) is 75.8. The lowest BCUT2D eigenvalue weighted by atomic mass is 9.80. The minimum absolute atomic E-state index is 0.109. The van der Waals surface area contributed by atoms with Gasteiger partial charge in [-0.2, -0.15) is 0 Å². The molecule has 0 radical (unpaired) electrons. The van der Waals surface area contributed by atoms with Crippen LogP contribution in [0.15, 0.2) is 53.9 Å². The zero-order valence-corrected chi connectivity index (χ0v) is 35.6. The van der Waals surface area contributed by atoms with Crippen molar-refractivity contribution >= 4 is 41.0 Å². The Balaban J connectivity index is 1.40. The maximum atomic E-state index is 15.0. The smallest absolute Gasteiger partial charge is 0.311 e. The zero-order chi connectivity index (χ0) is 42.1. The van der Waals surface area contributed by atoms with Gasteiger partial charge in [0.15, 0.2) is 6.10 Å². The SMILES string of the molecule is CCC(C)C(NC(=O)C1CCCCN1C)C(=O)N(Cc1ccccc1)[C@H](C[C@@H](OC(C)=O)c1nc(C(=O)N[C@H]2Cc3ccc(OC)cc3[C@H](C(=O)O)C2)cs1)C(C)C. The van der Waals surface area contributed by atoms with Crippen LogP contribution in [-0.2, 0) is 36.9 Å². The van der Waals surface area contributed by atoms with E-state index in [4.69, 9.17) is 9.47 Å². The van der Waals surface area contributed by atoms with Crippen molar-refractivity contribution in [1.29, 1.82) is 0 Å². The maximum absolute atomic E-state index is 15.0. The molecular weight excluding hydrogens is 759 g/mol. The number of aliphatic carboxylic acids is 1. The molecule has 7 atom stereocenters. The number of hydrogen-bond acceptors (Lipinski definition) is 10. The number of likely N-dealkylation sites (N-methyl/N-ethyl adjacent to an activating group) is 1. The number of aromatic nitrogens is 1. The molecule has 0 spiro atoms. The van der Waals surface area contributed by atoms with Gasteiger partial charge in [-0.05, 0) is 79.9 Å². The van der Waals surface area contributed by atoms with Crippen molar-refractivity contribution in [3.8, 4) is 5.75 Å². The van der Waals surface area contributed by atoms with Crippen LogP contribution >= 0.6 is 11.3 Å². The van der Waals surface area contributed by atoms with Gasteiger partial charge in [-0.15, -0.1) is 11.3 Å². The van der Waals surface area contributed by atoms with Gasteiger partial charge in [0, 0.05) is 37.4 Å². The van der Waals surface area contributed by atoms with Crippen LogP contribution in [0.4, 0.5) is 0 Å². The number of nitrogens with zero attached hydrogens (tertiary/aromatic N) is 3. The van der Waals surface area contributed by atoms with Crippen LogP contribution < -0.4 is 15.4 Å². The topological polar surface area (TPSA) is 167 Å². The number of thiazole rings is 1. The third-order valence-corrected chi connectivity index (χ3v) is 12.6. The van der Waals surface area contributed by atoms with Gasteiger partial charge in [0.25, 0.3) is 5.91 Å². The van der Waals surface area contributed by atoms with E-state index < -0.39 is 48.0 Å². The number of rotatable bonds is 17.